The third-order valence-electron chi connectivity index (χ3n) is 2.15. The number of hydrogen-bond donors (Lipinski definition) is 0. The second-order valence-electron chi connectivity index (χ2n) is 3.74. The maximum Gasteiger partial charge on any atom is 0.338 e. The Hall–Kier alpha value is -2.24. The number of ether oxygens (including phenoxy) is 1. The topological polar surface area (TPSA) is 86.5 Å². The molecule has 96 valence electrons. The molecule has 1 aromatic rings. The Morgan fingerprint density at radius 1 is 1.33 bits per heavy atom. The molecule has 0 aromatic heterocycles. The lowest BCUT2D eigenvalue weighted by Crippen LogP contribution is -2.07. The quantitative estimate of drug-likeness (QED) is 0.453. The number of nitrogens with zero attached hydrogens (tertiary/aromatic N) is 1. The summed E-state index contributed by atoms with van der Waals surface area (Å²) in [5.74, 6) is -0.767. The highest BCUT2D eigenvalue weighted by atomic mass is 16.6. The highest BCUT2D eigenvalue weighted by Crippen LogP contribution is 2.18. The number of nitro benzene ring substituents is 1. The zero-order valence-corrected chi connectivity index (χ0v) is 10.1. The van der Waals surface area contributed by atoms with Crippen molar-refractivity contribution in [3.63, 3.8) is 0 Å². The molecule has 0 amide bonds. The Balaban J connectivity index is 3.17. The summed E-state index contributed by atoms with van der Waals surface area (Å²) in [5.41, 5.74) is 0.291. The minimum atomic E-state index is -0.633. The fourth-order valence-electron chi connectivity index (χ4n) is 1.50. The number of hydrogen-bond acceptors (Lipinski definition) is 5. The van der Waals surface area contributed by atoms with Crippen molar-refractivity contribution in [3.05, 3.63) is 39.4 Å². The Labute approximate surface area is 104 Å². The Morgan fingerprint density at radius 3 is 2.50 bits per heavy atom. The summed E-state index contributed by atoms with van der Waals surface area (Å²) in [5, 5.41) is 10.7. The predicted octanol–water partition coefficient (Wildman–Crippen LogP) is 1.90. The molecule has 0 saturated heterocycles. The van der Waals surface area contributed by atoms with Crippen molar-refractivity contribution in [1.82, 2.24) is 0 Å². The molecule has 0 aliphatic heterocycles. The highest BCUT2D eigenvalue weighted by molar-refractivity contribution is 5.91. The molecule has 0 heterocycles. The van der Waals surface area contributed by atoms with Crippen LogP contribution in [0.15, 0.2) is 18.2 Å². The average molecular weight is 251 g/mol. The molecule has 6 nitrogen and oxygen atoms in total. The number of carbonyl (C=O) groups is 2. The molecule has 0 aliphatic carbocycles. The number of ketones is 1. The first-order valence-corrected chi connectivity index (χ1v) is 5.39. The third-order valence-corrected chi connectivity index (χ3v) is 2.15. The molecular formula is C12H13NO5. The van der Waals surface area contributed by atoms with Gasteiger partial charge in [-0.05, 0) is 25.5 Å². The summed E-state index contributed by atoms with van der Waals surface area (Å²) in [6, 6.07) is 3.86. The largest absolute Gasteiger partial charge is 0.462 e. The van der Waals surface area contributed by atoms with Gasteiger partial charge >= 0.3 is 5.97 Å². The van der Waals surface area contributed by atoms with Crippen LogP contribution in [0.4, 0.5) is 5.69 Å². The van der Waals surface area contributed by atoms with Gasteiger partial charge in [-0.25, -0.2) is 4.79 Å². The summed E-state index contributed by atoms with van der Waals surface area (Å²) >= 11 is 0. The molecule has 0 fully saturated rings. The highest BCUT2D eigenvalue weighted by Gasteiger charge is 2.15. The van der Waals surface area contributed by atoms with Gasteiger partial charge < -0.3 is 4.74 Å². The molecule has 0 bridgehead atoms. The lowest BCUT2D eigenvalue weighted by atomic mass is 10.1. The van der Waals surface area contributed by atoms with Gasteiger partial charge in [-0.15, -0.1) is 0 Å². The van der Waals surface area contributed by atoms with Crippen molar-refractivity contribution in [3.8, 4) is 0 Å². The number of Topliss-reactive ketones (excluding diaryl/α,β-unsaturated/α-hetero) is 1. The summed E-state index contributed by atoms with van der Waals surface area (Å²) in [7, 11) is 0. The smallest absolute Gasteiger partial charge is 0.338 e. The van der Waals surface area contributed by atoms with E-state index in [-0.39, 0.29) is 30.1 Å². The van der Waals surface area contributed by atoms with E-state index >= 15 is 0 Å². The summed E-state index contributed by atoms with van der Waals surface area (Å²) in [6.07, 6.45) is 0.0497. The lowest BCUT2D eigenvalue weighted by molar-refractivity contribution is -0.384. The van der Waals surface area contributed by atoms with Crippen molar-refractivity contribution in [2.45, 2.75) is 20.3 Å². The summed E-state index contributed by atoms with van der Waals surface area (Å²) in [6.45, 7) is 3.21. The second kappa shape index (κ2) is 5.90. The van der Waals surface area contributed by atoms with Crippen LogP contribution in [-0.2, 0) is 16.0 Å². The van der Waals surface area contributed by atoms with Crippen LogP contribution in [0, 0.1) is 10.1 Å². The van der Waals surface area contributed by atoms with E-state index in [4.69, 9.17) is 4.74 Å². The zero-order chi connectivity index (χ0) is 13.7. The maximum atomic E-state index is 11.5. The molecule has 1 aromatic carbocycles. The molecular weight excluding hydrogens is 238 g/mol. The number of nitro groups is 1. The standard InChI is InChI=1S/C12H13NO5/c1-3-18-12(15)10-5-9(4-8(2)14)6-11(7-10)13(16)17/h5-7H,3-4H2,1-2H3. The van der Waals surface area contributed by atoms with Crippen molar-refractivity contribution >= 4 is 17.4 Å². The number of esters is 1. The van der Waals surface area contributed by atoms with E-state index < -0.39 is 10.9 Å². The molecule has 0 radical (unpaired) electrons. The Morgan fingerprint density at radius 2 is 2.00 bits per heavy atom. The fourth-order valence-corrected chi connectivity index (χ4v) is 1.50. The van der Waals surface area contributed by atoms with E-state index in [2.05, 4.69) is 0 Å². The molecule has 0 aliphatic rings. The van der Waals surface area contributed by atoms with Gasteiger partial charge in [-0.3, -0.25) is 14.9 Å². The minimum absolute atomic E-state index is 0.0497. The lowest BCUT2D eigenvalue weighted by Gasteiger charge is -2.04. The zero-order valence-electron chi connectivity index (χ0n) is 10.1. The molecule has 0 spiro atoms. The van der Waals surface area contributed by atoms with Crippen LogP contribution in [0.1, 0.15) is 29.8 Å². The Kier molecular flexibility index (Phi) is 4.53. The van der Waals surface area contributed by atoms with E-state index in [1.54, 1.807) is 6.92 Å². The van der Waals surface area contributed by atoms with Gasteiger partial charge in [-0.2, -0.15) is 0 Å². The Bertz CT molecular complexity index is 495. The number of carbonyl (C=O) groups excluding carboxylic acids is 2. The van der Waals surface area contributed by atoms with E-state index in [1.807, 2.05) is 0 Å². The summed E-state index contributed by atoms with van der Waals surface area (Å²) < 4.78 is 4.78. The molecule has 0 N–H and O–H groups in total. The van der Waals surface area contributed by atoms with E-state index in [0.717, 1.165) is 6.07 Å². The number of non-ortho nitro benzene ring substituents is 1. The number of benzene rings is 1. The van der Waals surface area contributed by atoms with Gasteiger partial charge in [0.25, 0.3) is 5.69 Å². The normalized spacial score (nSPS) is 9.89. The van der Waals surface area contributed by atoms with Crippen LogP contribution < -0.4 is 0 Å². The van der Waals surface area contributed by atoms with Crippen LogP contribution in [0.25, 0.3) is 0 Å². The van der Waals surface area contributed by atoms with Gasteiger partial charge in [0.15, 0.2) is 0 Å². The van der Waals surface area contributed by atoms with E-state index in [1.165, 1.54) is 19.1 Å². The van der Waals surface area contributed by atoms with Crippen LogP contribution in [0.5, 0.6) is 0 Å². The molecule has 1 rings (SSSR count). The monoisotopic (exact) mass is 251 g/mol. The van der Waals surface area contributed by atoms with Crippen LogP contribution in [0.3, 0.4) is 0 Å². The van der Waals surface area contributed by atoms with Crippen molar-refractivity contribution in [2.75, 3.05) is 6.61 Å². The van der Waals surface area contributed by atoms with E-state index in [9.17, 15) is 19.7 Å². The molecule has 6 heteroatoms. The maximum absolute atomic E-state index is 11.5. The van der Waals surface area contributed by atoms with Crippen molar-refractivity contribution < 1.29 is 19.2 Å². The van der Waals surface area contributed by atoms with Gasteiger partial charge in [-0.1, -0.05) is 0 Å². The second-order valence-corrected chi connectivity index (χ2v) is 3.74. The molecule has 0 atom stereocenters. The van der Waals surface area contributed by atoms with E-state index in [0.29, 0.717) is 5.56 Å². The van der Waals surface area contributed by atoms with Gasteiger partial charge in [0.1, 0.15) is 5.78 Å². The first-order valence-electron chi connectivity index (χ1n) is 5.39. The van der Waals surface area contributed by atoms with Gasteiger partial charge in [0.2, 0.25) is 0 Å². The third kappa shape index (κ3) is 3.65. The fraction of sp³-hybridized carbons (Fsp3) is 0.333. The van der Waals surface area contributed by atoms with Crippen molar-refractivity contribution in [1.29, 1.82) is 0 Å². The van der Waals surface area contributed by atoms with Crippen LogP contribution >= 0.6 is 0 Å². The molecule has 18 heavy (non-hydrogen) atoms. The van der Waals surface area contributed by atoms with Gasteiger partial charge in [0, 0.05) is 18.6 Å². The van der Waals surface area contributed by atoms with Gasteiger partial charge in [0.05, 0.1) is 17.1 Å². The van der Waals surface area contributed by atoms with Crippen molar-refractivity contribution in [2.24, 2.45) is 0 Å². The minimum Gasteiger partial charge on any atom is -0.462 e. The molecule has 0 unspecified atom stereocenters. The van der Waals surface area contributed by atoms with Crippen LogP contribution in [-0.4, -0.2) is 23.3 Å². The summed E-state index contributed by atoms with van der Waals surface area (Å²) in [4.78, 5) is 32.7. The van der Waals surface area contributed by atoms with Crippen LogP contribution in [0.2, 0.25) is 0 Å². The number of rotatable bonds is 5. The first kappa shape index (κ1) is 13.8. The predicted molar refractivity (Wildman–Crippen MR) is 63.4 cm³/mol. The SMILES string of the molecule is CCOC(=O)c1cc(CC(C)=O)cc([N+](=O)[O-])c1. The first-order chi connectivity index (χ1) is 8.43. The average Bonchev–Trinajstić information content (AvgIpc) is 2.27. The molecule has 0 saturated carbocycles.